The minimum Gasteiger partial charge on any atom is -0.443 e. The first-order valence-corrected chi connectivity index (χ1v) is 12.5. The molecule has 3 unspecified atom stereocenters. The van der Waals surface area contributed by atoms with Crippen LogP contribution in [0.3, 0.4) is 0 Å². The maximum absolute atomic E-state index is 14.7. The van der Waals surface area contributed by atoms with Gasteiger partial charge >= 0.3 is 14.7 Å². The van der Waals surface area contributed by atoms with Crippen LogP contribution in [0, 0.1) is 0 Å². The fourth-order valence-corrected chi connectivity index (χ4v) is 4.28. The molecule has 0 bridgehead atoms. The summed E-state index contributed by atoms with van der Waals surface area (Å²) in [5, 5.41) is 14.7. The van der Waals surface area contributed by atoms with Gasteiger partial charge in [-0.3, -0.25) is 4.52 Å². The molecular weight excluding hydrogens is 496 g/mol. The average molecular weight is 525 g/mol. The molecule has 3 aromatic rings. The van der Waals surface area contributed by atoms with Gasteiger partial charge in [0.2, 0.25) is 0 Å². The number of fused-ring (bicyclic) bond motifs is 1. The van der Waals surface area contributed by atoms with Gasteiger partial charge in [-0.05, 0) is 32.8 Å². The molecule has 4 N–H and O–H groups in total. The second-order valence-electron chi connectivity index (χ2n) is 8.69. The molecule has 0 radical (unpaired) electrons. The van der Waals surface area contributed by atoms with Gasteiger partial charge in [-0.15, -0.1) is 0 Å². The Hall–Kier alpha value is -2.90. The van der Waals surface area contributed by atoms with E-state index in [2.05, 4.69) is 25.8 Å². The lowest BCUT2D eigenvalue weighted by molar-refractivity contribution is 0.0593. The lowest BCUT2D eigenvalue weighted by Crippen LogP contribution is -2.35. The predicted molar refractivity (Wildman–Crippen MR) is 127 cm³/mol. The van der Waals surface area contributed by atoms with Gasteiger partial charge in [0.25, 0.3) is 0 Å². The van der Waals surface area contributed by atoms with Crippen LogP contribution in [0.2, 0.25) is 0 Å². The Morgan fingerprint density at radius 3 is 2.83 bits per heavy atom. The van der Waals surface area contributed by atoms with E-state index in [4.69, 9.17) is 14.0 Å². The third-order valence-corrected chi connectivity index (χ3v) is 5.93. The molecule has 0 aromatic carbocycles. The van der Waals surface area contributed by atoms with E-state index in [9.17, 15) is 19.0 Å². The van der Waals surface area contributed by atoms with Crippen molar-refractivity contribution in [2.24, 2.45) is 0 Å². The van der Waals surface area contributed by atoms with Crippen LogP contribution in [0.15, 0.2) is 24.5 Å². The van der Waals surface area contributed by atoms with Crippen LogP contribution in [-0.4, -0.2) is 65.7 Å². The number of alkyl carbamates (subject to hydrolysis) is 1. The second-order valence-corrected chi connectivity index (χ2v) is 9.46. The summed E-state index contributed by atoms with van der Waals surface area (Å²) >= 11 is 0. The Morgan fingerprint density at radius 2 is 2.11 bits per heavy atom. The lowest BCUT2D eigenvalue weighted by Gasteiger charge is -2.16. The maximum atomic E-state index is 14.7. The standard InChI is InChI=1S/C21H29FN7O6P/c1-12(2)24-21(30)35-18-7-13(6-15(18)22)16-9-19(29(27-16)11-34-36(31)32)25-20-17-8-14(10-33-3)26-28(17)5-4-23-20/h4-5,8-9,12-13,15,18,31-32H,6-7,10-11H2,1-3H3,(H,23,25)(H,24,30). The van der Waals surface area contributed by atoms with Gasteiger partial charge in [0.05, 0.1) is 18.0 Å². The highest BCUT2D eigenvalue weighted by atomic mass is 31.2. The first kappa shape index (κ1) is 26.2. The van der Waals surface area contributed by atoms with Crippen LogP contribution < -0.4 is 10.6 Å². The van der Waals surface area contributed by atoms with Gasteiger partial charge in [0, 0.05) is 37.5 Å². The molecule has 15 heteroatoms. The SMILES string of the molecule is COCc1cc2c(Nc3cc(C4CC(F)C(OC(=O)NC(C)C)C4)nn3COP(O)O)nccn2n1. The number of halogens is 1. The van der Waals surface area contributed by atoms with Crippen LogP contribution in [0.5, 0.6) is 0 Å². The number of hydrogen-bond donors (Lipinski definition) is 4. The molecule has 1 aliphatic rings. The molecule has 3 heterocycles. The van der Waals surface area contributed by atoms with E-state index in [0.29, 0.717) is 35.1 Å². The molecule has 1 amide bonds. The topological polar surface area (TPSA) is 157 Å². The van der Waals surface area contributed by atoms with Crippen LogP contribution in [0.4, 0.5) is 20.8 Å². The first-order chi connectivity index (χ1) is 17.2. The van der Waals surface area contributed by atoms with Crippen LogP contribution >= 0.6 is 8.60 Å². The van der Waals surface area contributed by atoms with Crippen LogP contribution in [-0.2, 0) is 27.3 Å². The summed E-state index contributed by atoms with van der Waals surface area (Å²) in [6.07, 6.45) is 0.768. The van der Waals surface area contributed by atoms with E-state index in [0.717, 1.165) is 0 Å². The molecule has 3 atom stereocenters. The fourth-order valence-electron chi connectivity index (χ4n) is 4.07. The van der Waals surface area contributed by atoms with Crippen molar-refractivity contribution in [2.45, 2.75) is 64.3 Å². The lowest BCUT2D eigenvalue weighted by atomic mass is 10.0. The molecule has 0 saturated heterocycles. The molecule has 3 aromatic heterocycles. The predicted octanol–water partition coefficient (Wildman–Crippen LogP) is 2.72. The van der Waals surface area contributed by atoms with E-state index < -0.39 is 27.0 Å². The average Bonchev–Trinajstić information content (AvgIpc) is 3.49. The smallest absolute Gasteiger partial charge is 0.407 e. The molecule has 1 aliphatic carbocycles. The first-order valence-electron chi connectivity index (χ1n) is 11.3. The number of carbonyl (C=O) groups is 1. The molecule has 13 nitrogen and oxygen atoms in total. The van der Waals surface area contributed by atoms with Gasteiger partial charge in [0.15, 0.2) is 5.82 Å². The van der Waals surface area contributed by atoms with Gasteiger partial charge in [0.1, 0.15) is 30.3 Å². The summed E-state index contributed by atoms with van der Waals surface area (Å²) in [4.78, 5) is 34.8. The van der Waals surface area contributed by atoms with Gasteiger partial charge < -0.3 is 29.9 Å². The van der Waals surface area contributed by atoms with E-state index in [1.807, 2.05) is 6.07 Å². The Morgan fingerprint density at radius 1 is 1.31 bits per heavy atom. The highest BCUT2D eigenvalue weighted by Crippen LogP contribution is 2.39. The summed E-state index contributed by atoms with van der Waals surface area (Å²) in [5.74, 6) is 0.585. The number of nitrogens with one attached hydrogen (secondary N) is 2. The van der Waals surface area contributed by atoms with Gasteiger partial charge in [-0.1, -0.05) is 0 Å². The van der Waals surface area contributed by atoms with E-state index >= 15 is 0 Å². The molecule has 0 aliphatic heterocycles. The molecule has 0 spiro atoms. The van der Waals surface area contributed by atoms with Gasteiger partial charge in [-0.25, -0.2) is 23.4 Å². The number of rotatable bonds is 10. The summed E-state index contributed by atoms with van der Waals surface area (Å²) in [6.45, 7) is 3.65. The quantitative estimate of drug-likeness (QED) is 0.290. The van der Waals surface area contributed by atoms with Crippen molar-refractivity contribution in [1.82, 2.24) is 29.7 Å². The van der Waals surface area contributed by atoms with Crippen LogP contribution in [0.25, 0.3) is 5.52 Å². The summed E-state index contributed by atoms with van der Waals surface area (Å²) < 4.78 is 33.1. The van der Waals surface area contributed by atoms with E-state index in [-0.39, 0.29) is 31.5 Å². The Kier molecular flexibility index (Phi) is 8.32. The number of amides is 1. The normalized spacial score (nSPS) is 19.9. The number of aromatic nitrogens is 5. The van der Waals surface area contributed by atoms with Crippen molar-refractivity contribution in [1.29, 1.82) is 0 Å². The van der Waals surface area contributed by atoms with Crippen molar-refractivity contribution in [2.75, 3.05) is 12.4 Å². The molecule has 1 fully saturated rings. The largest absolute Gasteiger partial charge is 0.443 e. The number of nitrogens with zero attached hydrogens (tertiary/aromatic N) is 5. The van der Waals surface area contributed by atoms with Crippen molar-refractivity contribution >= 4 is 31.8 Å². The fraction of sp³-hybridized carbons (Fsp3) is 0.524. The Labute approximate surface area is 207 Å². The molecular formula is C21H29FN7O6P. The third kappa shape index (κ3) is 6.26. The van der Waals surface area contributed by atoms with E-state index in [1.54, 1.807) is 43.9 Å². The molecule has 4 rings (SSSR count). The highest BCUT2D eigenvalue weighted by Gasteiger charge is 2.39. The summed E-state index contributed by atoms with van der Waals surface area (Å²) in [6, 6.07) is 3.42. The third-order valence-electron chi connectivity index (χ3n) is 5.59. The number of anilines is 2. The molecule has 1 saturated carbocycles. The van der Waals surface area contributed by atoms with Crippen molar-refractivity contribution in [3.8, 4) is 0 Å². The summed E-state index contributed by atoms with van der Waals surface area (Å²) in [5.41, 5.74) is 1.94. The van der Waals surface area contributed by atoms with Crippen molar-refractivity contribution in [3.63, 3.8) is 0 Å². The minimum atomic E-state index is -2.61. The van der Waals surface area contributed by atoms with Crippen molar-refractivity contribution in [3.05, 3.63) is 35.9 Å². The molecule has 36 heavy (non-hydrogen) atoms. The number of methoxy groups -OCH3 is 1. The number of hydrogen-bond acceptors (Lipinski definition) is 10. The zero-order valence-corrected chi connectivity index (χ0v) is 20.9. The minimum absolute atomic E-state index is 0.125. The van der Waals surface area contributed by atoms with E-state index in [1.165, 1.54) is 4.68 Å². The molecule has 196 valence electrons. The summed E-state index contributed by atoms with van der Waals surface area (Å²) in [7, 11) is -1.04. The van der Waals surface area contributed by atoms with Crippen molar-refractivity contribution < 1.29 is 33.0 Å². The highest BCUT2D eigenvalue weighted by molar-refractivity contribution is 7.39. The maximum Gasteiger partial charge on any atom is 0.407 e. The Bertz CT molecular complexity index is 1190. The number of ether oxygens (including phenoxy) is 2. The van der Waals surface area contributed by atoms with Gasteiger partial charge in [-0.2, -0.15) is 10.2 Å². The van der Waals surface area contributed by atoms with Crippen LogP contribution in [0.1, 0.15) is 44.0 Å². The zero-order chi connectivity index (χ0) is 25.8. The number of carbonyl (C=O) groups excluding carboxylic acids is 1. The monoisotopic (exact) mass is 525 g/mol. The Balaban J connectivity index is 1.56. The second kappa shape index (κ2) is 11.4. The zero-order valence-electron chi connectivity index (χ0n) is 20.0. The number of alkyl halides is 1.